The van der Waals surface area contributed by atoms with Crippen LogP contribution in [-0.4, -0.2) is 81.5 Å². The van der Waals surface area contributed by atoms with Crippen molar-refractivity contribution < 1.29 is 4.79 Å². The first-order valence-corrected chi connectivity index (χ1v) is 12.4. The molecule has 0 aliphatic carbocycles. The molecule has 1 atom stereocenters. The van der Waals surface area contributed by atoms with Crippen LogP contribution in [0.3, 0.4) is 0 Å². The van der Waals surface area contributed by atoms with E-state index in [2.05, 4.69) is 62.7 Å². The number of carbonyl (C=O) groups excluding carboxylic acids is 1. The van der Waals surface area contributed by atoms with E-state index in [4.69, 9.17) is 0 Å². The number of rotatable bonds is 6. The lowest BCUT2D eigenvalue weighted by molar-refractivity contribution is -0.132. The van der Waals surface area contributed by atoms with E-state index in [-0.39, 0.29) is 11.2 Å². The zero-order valence-electron chi connectivity index (χ0n) is 19.0. The van der Waals surface area contributed by atoms with Gasteiger partial charge < -0.3 is 14.7 Å². The molecule has 0 bridgehead atoms. The van der Waals surface area contributed by atoms with Gasteiger partial charge in [0.2, 0.25) is 11.9 Å². The highest BCUT2D eigenvalue weighted by molar-refractivity contribution is 8.00. The van der Waals surface area contributed by atoms with Crippen LogP contribution in [0.15, 0.2) is 29.4 Å². The quantitative estimate of drug-likeness (QED) is 0.641. The van der Waals surface area contributed by atoms with Gasteiger partial charge in [-0.3, -0.25) is 9.36 Å². The molecule has 1 unspecified atom stereocenters. The van der Waals surface area contributed by atoms with E-state index in [1.807, 2.05) is 11.8 Å². The summed E-state index contributed by atoms with van der Waals surface area (Å²) in [4.78, 5) is 19.8. The first-order chi connectivity index (χ1) is 15.1. The van der Waals surface area contributed by atoms with Crippen molar-refractivity contribution in [1.29, 1.82) is 0 Å². The maximum absolute atomic E-state index is 13.1. The van der Waals surface area contributed by atoms with Crippen LogP contribution in [0, 0.1) is 6.92 Å². The number of thioether (sulfide) groups is 1. The van der Waals surface area contributed by atoms with Crippen molar-refractivity contribution in [3.8, 4) is 5.69 Å². The Kier molecular flexibility index (Phi) is 7.17. The molecule has 1 aromatic carbocycles. The number of anilines is 1. The van der Waals surface area contributed by atoms with Crippen molar-refractivity contribution in [2.45, 2.75) is 50.4 Å². The summed E-state index contributed by atoms with van der Waals surface area (Å²) in [5, 5.41) is 9.70. The maximum Gasteiger partial charge on any atom is 0.235 e. The molecular weight excluding hydrogens is 408 g/mol. The maximum atomic E-state index is 13.1. The van der Waals surface area contributed by atoms with Crippen molar-refractivity contribution in [2.75, 3.05) is 50.7 Å². The summed E-state index contributed by atoms with van der Waals surface area (Å²) in [6.07, 6.45) is 3.64. The third-order valence-electron chi connectivity index (χ3n) is 6.31. The molecule has 1 aromatic heterocycles. The standard InChI is InChI=1S/C23H34N6OS/c1-4-26-14-16-27(17-15-26)21(30)19(3)31-23-25-24-22(28-12-6-5-7-13-28)29(23)20-10-8-18(2)9-11-20/h8-11,19H,4-7,12-17H2,1-3H3. The van der Waals surface area contributed by atoms with E-state index in [9.17, 15) is 4.79 Å². The molecule has 0 N–H and O–H groups in total. The number of benzene rings is 1. The molecule has 2 saturated heterocycles. The van der Waals surface area contributed by atoms with Gasteiger partial charge in [-0.05, 0) is 51.8 Å². The largest absolute Gasteiger partial charge is 0.341 e. The normalized spacial score (nSPS) is 18.9. The van der Waals surface area contributed by atoms with Gasteiger partial charge in [0.25, 0.3) is 0 Å². The average Bonchev–Trinajstić information content (AvgIpc) is 3.23. The van der Waals surface area contributed by atoms with Crippen molar-refractivity contribution >= 4 is 23.6 Å². The van der Waals surface area contributed by atoms with E-state index in [0.717, 1.165) is 62.6 Å². The molecule has 2 aliphatic heterocycles. The Balaban J connectivity index is 1.55. The van der Waals surface area contributed by atoms with E-state index in [1.165, 1.54) is 36.6 Å². The molecule has 2 fully saturated rings. The SMILES string of the molecule is CCN1CCN(C(=O)C(C)Sc2nnc(N3CCCCC3)n2-c2ccc(C)cc2)CC1. The Labute approximate surface area is 189 Å². The number of aromatic nitrogens is 3. The van der Waals surface area contributed by atoms with Gasteiger partial charge in [0.05, 0.1) is 10.9 Å². The predicted octanol–water partition coefficient (Wildman–Crippen LogP) is 3.21. The Morgan fingerprint density at radius 1 is 1.00 bits per heavy atom. The molecule has 7 nitrogen and oxygen atoms in total. The molecular formula is C23H34N6OS. The zero-order valence-corrected chi connectivity index (χ0v) is 19.8. The van der Waals surface area contributed by atoms with Gasteiger partial charge in [0.1, 0.15) is 0 Å². The minimum absolute atomic E-state index is 0.193. The van der Waals surface area contributed by atoms with Crippen LogP contribution in [0.4, 0.5) is 5.95 Å². The highest BCUT2D eigenvalue weighted by Crippen LogP contribution is 2.31. The van der Waals surface area contributed by atoms with E-state index in [1.54, 1.807) is 0 Å². The van der Waals surface area contributed by atoms with Crippen molar-refractivity contribution in [1.82, 2.24) is 24.6 Å². The lowest BCUT2D eigenvalue weighted by atomic mass is 10.1. The Hall–Kier alpha value is -2.06. The number of likely N-dealkylation sites (N-methyl/N-ethyl adjacent to an activating group) is 1. The number of hydrogen-bond donors (Lipinski definition) is 0. The highest BCUT2D eigenvalue weighted by atomic mass is 32.2. The second kappa shape index (κ2) is 10.0. The summed E-state index contributed by atoms with van der Waals surface area (Å²) in [5.74, 6) is 1.08. The van der Waals surface area contributed by atoms with Crippen LogP contribution < -0.4 is 4.90 Å². The molecule has 1 amide bonds. The van der Waals surface area contributed by atoms with Crippen LogP contribution in [0.25, 0.3) is 5.69 Å². The van der Waals surface area contributed by atoms with Crippen LogP contribution in [0.2, 0.25) is 0 Å². The topological polar surface area (TPSA) is 57.5 Å². The summed E-state index contributed by atoms with van der Waals surface area (Å²) in [7, 11) is 0. The molecule has 31 heavy (non-hydrogen) atoms. The number of amides is 1. The fourth-order valence-electron chi connectivity index (χ4n) is 4.31. The summed E-state index contributed by atoms with van der Waals surface area (Å²) in [6.45, 7) is 12.8. The van der Waals surface area contributed by atoms with Crippen LogP contribution >= 0.6 is 11.8 Å². The first kappa shape index (κ1) is 22.1. The molecule has 0 saturated carbocycles. The van der Waals surface area contributed by atoms with Crippen LogP contribution in [0.1, 0.15) is 38.7 Å². The van der Waals surface area contributed by atoms with Gasteiger partial charge >= 0.3 is 0 Å². The second-order valence-corrected chi connectivity index (χ2v) is 9.83. The lowest BCUT2D eigenvalue weighted by Crippen LogP contribution is -2.50. The highest BCUT2D eigenvalue weighted by Gasteiger charge is 2.28. The van der Waals surface area contributed by atoms with E-state index in [0.29, 0.717) is 0 Å². The van der Waals surface area contributed by atoms with Gasteiger partial charge in [-0.1, -0.05) is 36.4 Å². The minimum atomic E-state index is -0.198. The number of aryl methyl sites for hydroxylation is 1. The first-order valence-electron chi connectivity index (χ1n) is 11.5. The predicted molar refractivity (Wildman–Crippen MR) is 126 cm³/mol. The van der Waals surface area contributed by atoms with Gasteiger partial charge in [0.15, 0.2) is 5.16 Å². The van der Waals surface area contributed by atoms with Crippen molar-refractivity contribution in [3.05, 3.63) is 29.8 Å². The van der Waals surface area contributed by atoms with Gasteiger partial charge in [-0.15, -0.1) is 10.2 Å². The van der Waals surface area contributed by atoms with Crippen molar-refractivity contribution in [2.24, 2.45) is 0 Å². The van der Waals surface area contributed by atoms with E-state index >= 15 is 0 Å². The fourth-order valence-corrected chi connectivity index (χ4v) is 5.25. The van der Waals surface area contributed by atoms with Gasteiger partial charge in [0, 0.05) is 39.3 Å². The minimum Gasteiger partial charge on any atom is -0.341 e. The monoisotopic (exact) mass is 442 g/mol. The third-order valence-corrected chi connectivity index (χ3v) is 7.34. The molecule has 8 heteroatoms. The smallest absolute Gasteiger partial charge is 0.235 e. The molecule has 0 spiro atoms. The summed E-state index contributed by atoms with van der Waals surface area (Å²) in [5.41, 5.74) is 2.27. The molecule has 2 aliphatic rings. The fraction of sp³-hybridized carbons (Fsp3) is 0.609. The van der Waals surface area contributed by atoms with Crippen molar-refractivity contribution in [3.63, 3.8) is 0 Å². The molecule has 168 valence electrons. The van der Waals surface area contributed by atoms with E-state index < -0.39 is 0 Å². The molecule has 3 heterocycles. The Morgan fingerprint density at radius 2 is 1.68 bits per heavy atom. The number of nitrogens with zero attached hydrogens (tertiary/aromatic N) is 6. The third kappa shape index (κ3) is 5.06. The lowest BCUT2D eigenvalue weighted by Gasteiger charge is -2.35. The van der Waals surface area contributed by atoms with Crippen LogP contribution in [0.5, 0.6) is 0 Å². The number of piperazine rings is 1. The number of hydrogen-bond acceptors (Lipinski definition) is 6. The second-order valence-electron chi connectivity index (χ2n) is 8.52. The summed E-state index contributed by atoms with van der Waals surface area (Å²) >= 11 is 1.52. The Bertz CT molecular complexity index is 869. The van der Waals surface area contributed by atoms with Gasteiger partial charge in [-0.25, -0.2) is 0 Å². The molecule has 0 radical (unpaired) electrons. The molecule has 4 rings (SSSR count). The zero-order chi connectivity index (χ0) is 21.8. The average molecular weight is 443 g/mol. The summed E-state index contributed by atoms with van der Waals surface area (Å²) < 4.78 is 2.13. The Morgan fingerprint density at radius 3 is 2.32 bits per heavy atom. The van der Waals surface area contributed by atoms with Gasteiger partial charge in [-0.2, -0.15) is 0 Å². The number of carbonyl (C=O) groups is 1. The summed E-state index contributed by atoms with van der Waals surface area (Å²) in [6, 6.07) is 8.47. The number of piperidine rings is 1. The van der Waals surface area contributed by atoms with Crippen LogP contribution in [-0.2, 0) is 4.79 Å². The molecule has 2 aromatic rings.